The fraction of sp³-hybridized carbons (Fsp3) is 0.667. The molecule has 0 aromatic rings. The summed E-state index contributed by atoms with van der Waals surface area (Å²) < 4.78 is 9.76. The Kier molecular flexibility index (Phi) is 3.65. The minimum Gasteiger partial charge on any atom is -0.455 e. The van der Waals surface area contributed by atoms with E-state index < -0.39 is 41.7 Å². The number of esters is 1. The van der Waals surface area contributed by atoms with Gasteiger partial charge in [0.05, 0.1) is 6.54 Å². The molecule has 0 radical (unpaired) electrons. The van der Waals surface area contributed by atoms with Crippen LogP contribution in [-0.4, -0.2) is 81.9 Å². The maximum absolute atomic E-state index is 11.3. The van der Waals surface area contributed by atoms with Crippen LogP contribution in [0.3, 0.4) is 0 Å². The van der Waals surface area contributed by atoms with Gasteiger partial charge < -0.3 is 47.1 Å². The van der Waals surface area contributed by atoms with Crippen molar-refractivity contribution in [2.45, 2.75) is 36.6 Å². The molecule has 3 aliphatic heterocycles. The molecular weight excluding hydrogens is 338 g/mol. The molecule has 9 N–H and O–H groups in total. The molecule has 1 unspecified atom stereocenters. The van der Waals surface area contributed by atoms with Crippen LogP contribution in [0.15, 0.2) is 9.98 Å². The fourth-order valence-electron chi connectivity index (χ4n) is 3.53. The van der Waals surface area contributed by atoms with Gasteiger partial charge in [-0.15, -0.1) is 0 Å². The van der Waals surface area contributed by atoms with Crippen molar-refractivity contribution in [1.29, 1.82) is 0 Å². The number of guanidine groups is 2. The first kappa shape index (κ1) is 17.0. The quantitative estimate of drug-likeness (QED) is 0.211. The Balaban J connectivity index is 2.02. The minimum absolute atomic E-state index is 0.0890. The number of nitrogens with one attached hydrogen (secondary N) is 1. The molecule has 13 heteroatoms. The Hall–Kier alpha value is -2.80. The van der Waals surface area contributed by atoms with Crippen molar-refractivity contribution in [1.82, 2.24) is 10.2 Å². The van der Waals surface area contributed by atoms with E-state index in [9.17, 15) is 19.8 Å². The predicted molar refractivity (Wildman–Crippen MR) is 81.7 cm³/mol. The first-order valence-electron chi connectivity index (χ1n) is 7.36. The summed E-state index contributed by atoms with van der Waals surface area (Å²) in [5.41, 5.74) is 14.9. The number of rotatable bonds is 3. The second kappa shape index (κ2) is 5.35. The number of nitrogens with zero attached hydrogens (tertiary/aromatic N) is 3. The van der Waals surface area contributed by atoms with Gasteiger partial charge in [0.1, 0.15) is 18.7 Å². The van der Waals surface area contributed by atoms with E-state index in [0.717, 1.165) is 6.92 Å². The Labute approximate surface area is 141 Å². The predicted octanol–water partition coefficient (Wildman–Crippen LogP) is -4.31. The first-order chi connectivity index (χ1) is 11.6. The smallest absolute Gasteiger partial charge is 0.404 e. The number of hydrogen-bond donors (Lipinski definition) is 6. The molecule has 1 saturated heterocycles. The lowest BCUT2D eigenvalue weighted by Gasteiger charge is -2.48. The average Bonchev–Trinajstić information content (AvgIpc) is 2.94. The van der Waals surface area contributed by atoms with E-state index in [1.807, 2.05) is 0 Å². The highest BCUT2D eigenvalue weighted by Crippen LogP contribution is 2.45. The molecule has 4 atom stereocenters. The molecule has 3 rings (SSSR count). The van der Waals surface area contributed by atoms with E-state index in [1.54, 1.807) is 0 Å². The standard InChI is InChI=1S/C12H19N7O6/c1-4(20)25-6-2-19-9(14)16-5(3-24-10(15)21)7-11(19,12(6,22)23)18-8(13)17-7/h5-7,22-23H,2-3H2,1H3,(H2,14,16)(H2,15,21)(H3,13,17,18)/t5-,6+,7?,11-/m0/s1. The molecule has 0 saturated carbocycles. The number of carbonyl (C=O) groups excluding carboxylic acids is 2. The Bertz CT molecular complexity index is 679. The summed E-state index contributed by atoms with van der Waals surface area (Å²) in [5, 5.41) is 24.3. The highest BCUT2D eigenvalue weighted by molar-refractivity contribution is 5.87. The van der Waals surface area contributed by atoms with Crippen molar-refractivity contribution in [3.8, 4) is 0 Å². The molecule has 0 aromatic carbocycles. The molecule has 0 aliphatic carbocycles. The normalized spacial score (nSPS) is 35.0. The van der Waals surface area contributed by atoms with Crippen LogP contribution in [0, 0.1) is 0 Å². The SMILES string of the molecule is CC(=O)O[C@@H]1CN2C(N)=N[C@@H](COC(N)=O)C3N=C(N)N[C@@]32C1(O)O. The average molecular weight is 357 g/mol. The van der Waals surface area contributed by atoms with Crippen LogP contribution >= 0.6 is 0 Å². The summed E-state index contributed by atoms with van der Waals surface area (Å²) in [6.45, 7) is 0.678. The molecule has 3 heterocycles. The van der Waals surface area contributed by atoms with E-state index in [4.69, 9.17) is 26.7 Å². The van der Waals surface area contributed by atoms with Gasteiger partial charge in [0.15, 0.2) is 23.7 Å². The van der Waals surface area contributed by atoms with Crippen LogP contribution in [0.25, 0.3) is 0 Å². The van der Waals surface area contributed by atoms with E-state index in [1.165, 1.54) is 4.90 Å². The number of amides is 1. The second-order valence-corrected chi connectivity index (χ2v) is 5.97. The van der Waals surface area contributed by atoms with Crippen molar-refractivity contribution in [2.75, 3.05) is 13.2 Å². The lowest BCUT2D eigenvalue weighted by atomic mass is 9.86. The Morgan fingerprint density at radius 1 is 1.40 bits per heavy atom. The number of ether oxygens (including phenoxy) is 2. The Morgan fingerprint density at radius 3 is 2.68 bits per heavy atom. The lowest BCUT2D eigenvalue weighted by Crippen LogP contribution is -2.77. The van der Waals surface area contributed by atoms with Crippen molar-refractivity contribution < 1.29 is 29.3 Å². The third kappa shape index (κ3) is 2.31. The van der Waals surface area contributed by atoms with Crippen LogP contribution in [0.4, 0.5) is 4.79 Å². The van der Waals surface area contributed by atoms with Gasteiger partial charge in [0.2, 0.25) is 5.79 Å². The number of primary amides is 1. The first-order valence-corrected chi connectivity index (χ1v) is 7.36. The molecule has 0 bridgehead atoms. The molecule has 1 fully saturated rings. The van der Waals surface area contributed by atoms with Crippen molar-refractivity contribution in [3.63, 3.8) is 0 Å². The minimum atomic E-state index is -2.61. The maximum Gasteiger partial charge on any atom is 0.404 e. The molecule has 25 heavy (non-hydrogen) atoms. The van der Waals surface area contributed by atoms with E-state index >= 15 is 0 Å². The summed E-state index contributed by atoms with van der Waals surface area (Å²) in [5.74, 6) is -3.51. The third-order valence-electron chi connectivity index (χ3n) is 4.45. The zero-order chi connectivity index (χ0) is 18.6. The van der Waals surface area contributed by atoms with Gasteiger partial charge >= 0.3 is 12.1 Å². The van der Waals surface area contributed by atoms with Gasteiger partial charge in [-0.25, -0.2) is 14.8 Å². The third-order valence-corrected chi connectivity index (χ3v) is 4.45. The van der Waals surface area contributed by atoms with Crippen LogP contribution < -0.4 is 22.5 Å². The van der Waals surface area contributed by atoms with Crippen LogP contribution in [0.2, 0.25) is 0 Å². The summed E-state index contributed by atoms with van der Waals surface area (Å²) in [7, 11) is 0. The maximum atomic E-state index is 11.3. The van der Waals surface area contributed by atoms with Crippen LogP contribution in [0.1, 0.15) is 6.92 Å². The van der Waals surface area contributed by atoms with E-state index in [-0.39, 0.29) is 25.1 Å². The highest BCUT2D eigenvalue weighted by atomic mass is 16.6. The second-order valence-electron chi connectivity index (χ2n) is 5.97. The summed E-state index contributed by atoms with van der Waals surface area (Å²) in [6.07, 6.45) is -2.37. The highest BCUT2D eigenvalue weighted by Gasteiger charge is 2.74. The molecule has 1 spiro atoms. The van der Waals surface area contributed by atoms with Gasteiger partial charge in [-0.2, -0.15) is 0 Å². The number of nitrogens with two attached hydrogens (primary N) is 3. The molecule has 1 amide bonds. The van der Waals surface area contributed by atoms with Gasteiger partial charge in [-0.05, 0) is 0 Å². The van der Waals surface area contributed by atoms with Gasteiger partial charge in [0, 0.05) is 6.92 Å². The number of hydrogen-bond acceptors (Lipinski definition) is 12. The molecule has 0 aromatic heterocycles. The largest absolute Gasteiger partial charge is 0.455 e. The lowest BCUT2D eigenvalue weighted by molar-refractivity contribution is -0.262. The zero-order valence-electron chi connectivity index (χ0n) is 13.2. The van der Waals surface area contributed by atoms with Gasteiger partial charge in [-0.3, -0.25) is 4.79 Å². The molecular formula is C12H19N7O6. The number of aliphatic hydroxyl groups is 2. The summed E-state index contributed by atoms with van der Waals surface area (Å²) >= 11 is 0. The topological polar surface area (TPSA) is 211 Å². The fourth-order valence-corrected chi connectivity index (χ4v) is 3.53. The Morgan fingerprint density at radius 2 is 2.08 bits per heavy atom. The molecule has 138 valence electrons. The number of carbonyl (C=O) groups is 2. The van der Waals surface area contributed by atoms with E-state index in [0.29, 0.717) is 0 Å². The van der Waals surface area contributed by atoms with Crippen molar-refractivity contribution >= 4 is 24.0 Å². The van der Waals surface area contributed by atoms with Gasteiger partial charge in [-0.1, -0.05) is 0 Å². The number of aliphatic imine (C=N–C) groups is 2. The van der Waals surface area contributed by atoms with Crippen molar-refractivity contribution in [2.24, 2.45) is 27.2 Å². The van der Waals surface area contributed by atoms with E-state index in [2.05, 4.69) is 15.3 Å². The van der Waals surface area contributed by atoms with Gasteiger partial charge in [0.25, 0.3) is 0 Å². The monoisotopic (exact) mass is 357 g/mol. The summed E-state index contributed by atoms with van der Waals surface area (Å²) in [6, 6.07) is -1.87. The summed E-state index contributed by atoms with van der Waals surface area (Å²) in [4.78, 5) is 31.8. The zero-order valence-corrected chi connectivity index (χ0v) is 13.2. The van der Waals surface area contributed by atoms with Crippen LogP contribution in [-0.2, 0) is 14.3 Å². The molecule has 13 nitrogen and oxygen atoms in total. The molecule has 3 aliphatic rings. The van der Waals surface area contributed by atoms with Crippen LogP contribution in [0.5, 0.6) is 0 Å². The van der Waals surface area contributed by atoms with Crippen molar-refractivity contribution in [3.05, 3.63) is 0 Å².